The minimum Gasteiger partial charge on any atom is -0.491 e. The van der Waals surface area contributed by atoms with Gasteiger partial charge in [0.1, 0.15) is 5.75 Å². The quantitative estimate of drug-likeness (QED) is 0.780. The summed E-state index contributed by atoms with van der Waals surface area (Å²) in [4.78, 5) is 0. The van der Waals surface area contributed by atoms with Crippen LogP contribution in [0.3, 0.4) is 0 Å². The van der Waals surface area contributed by atoms with Crippen LogP contribution in [0.5, 0.6) is 5.75 Å². The van der Waals surface area contributed by atoms with E-state index >= 15 is 0 Å². The molecule has 2 rings (SSSR count). The number of benzene rings is 2. The molecule has 0 aromatic heterocycles. The van der Waals surface area contributed by atoms with Crippen LogP contribution in [0.15, 0.2) is 42.5 Å². The Hall–Kier alpha value is -1.96. The lowest BCUT2D eigenvalue weighted by molar-refractivity contribution is 0.318. The molecule has 112 valence electrons. The SMILES string of the molecule is CCCOc1ccccc1NC(C)c1cc(C)cc(C)c1. The van der Waals surface area contributed by atoms with Crippen LogP contribution in [-0.4, -0.2) is 6.61 Å². The van der Waals surface area contributed by atoms with E-state index < -0.39 is 0 Å². The molecule has 2 heteroatoms. The van der Waals surface area contributed by atoms with Crippen molar-refractivity contribution in [3.63, 3.8) is 0 Å². The van der Waals surface area contributed by atoms with E-state index in [-0.39, 0.29) is 6.04 Å². The lowest BCUT2D eigenvalue weighted by Crippen LogP contribution is -2.09. The molecule has 2 aromatic carbocycles. The van der Waals surface area contributed by atoms with E-state index in [0.717, 1.165) is 24.5 Å². The third kappa shape index (κ3) is 4.25. The van der Waals surface area contributed by atoms with Crippen molar-refractivity contribution in [3.05, 3.63) is 59.2 Å². The third-order valence-corrected chi connectivity index (χ3v) is 3.46. The van der Waals surface area contributed by atoms with Gasteiger partial charge in [-0.25, -0.2) is 0 Å². The second-order valence-electron chi connectivity index (χ2n) is 5.63. The number of anilines is 1. The highest BCUT2D eigenvalue weighted by molar-refractivity contribution is 5.57. The molecule has 0 heterocycles. The summed E-state index contributed by atoms with van der Waals surface area (Å²) >= 11 is 0. The zero-order valence-electron chi connectivity index (χ0n) is 13.4. The number of nitrogens with one attached hydrogen (secondary N) is 1. The second-order valence-corrected chi connectivity index (χ2v) is 5.63. The molecule has 0 radical (unpaired) electrons. The molecule has 0 fully saturated rings. The molecule has 1 atom stereocenters. The van der Waals surface area contributed by atoms with Crippen LogP contribution < -0.4 is 10.1 Å². The zero-order chi connectivity index (χ0) is 15.2. The van der Waals surface area contributed by atoms with Crippen molar-refractivity contribution in [3.8, 4) is 5.75 Å². The number of hydrogen-bond acceptors (Lipinski definition) is 2. The molecule has 0 saturated carbocycles. The minimum absolute atomic E-state index is 0.245. The van der Waals surface area contributed by atoms with Crippen LogP contribution in [-0.2, 0) is 0 Å². The van der Waals surface area contributed by atoms with Crippen LogP contribution in [0.25, 0.3) is 0 Å². The van der Waals surface area contributed by atoms with Crippen molar-refractivity contribution in [2.45, 2.75) is 40.2 Å². The van der Waals surface area contributed by atoms with Crippen LogP contribution >= 0.6 is 0 Å². The normalized spacial score (nSPS) is 12.0. The first kappa shape index (κ1) is 15.4. The third-order valence-electron chi connectivity index (χ3n) is 3.46. The summed E-state index contributed by atoms with van der Waals surface area (Å²) in [5.74, 6) is 0.926. The van der Waals surface area contributed by atoms with Gasteiger partial charge in [-0.15, -0.1) is 0 Å². The van der Waals surface area contributed by atoms with Gasteiger partial charge in [0.05, 0.1) is 12.3 Å². The van der Waals surface area contributed by atoms with Gasteiger partial charge in [-0.1, -0.05) is 48.4 Å². The van der Waals surface area contributed by atoms with Gasteiger partial charge in [-0.05, 0) is 44.9 Å². The molecule has 0 spiro atoms. The summed E-state index contributed by atoms with van der Waals surface area (Å²) in [6, 6.07) is 15.1. The first-order valence-electron chi connectivity index (χ1n) is 7.66. The van der Waals surface area contributed by atoms with Crippen LogP contribution in [0, 0.1) is 13.8 Å². The average molecular weight is 283 g/mol. The first-order chi connectivity index (χ1) is 10.1. The lowest BCUT2D eigenvalue weighted by Gasteiger charge is -2.19. The molecule has 2 aromatic rings. The van der Waals surface area contributed by atoms with Crippen molar-refractivity contribution >= 4 is 5.69 Å². The van der Waals surface area contributed by atoms with Gasteiger partial charge in [0.2, 0.25) is 0 Å². The van der Waals surface area contributed by atoms with E-state index in [9.17, 15) is 0 Å². The molecule has 1 unspecified atom stereocenters. The Kier molecular flexibility index (Phi) is 5.26. The molecule has 0 amide bonds. The molecule has 0 bridgehead atoms. The van der Waals surface area contributed by atoms with Gasteiger partial charge in [-0.2, -0.15) is 0 Å². The minimum atomic E-state index is 0.245. The standard InChI is InChI=1S/C19H25NO/c1-5-10-21-19-9-7-6-8-18(19)20-16(4)17-12-14(2)11-15(3)13-17/h6-9,11-13,16,20H,5,10H2,1-4H3. The van der Waals surface area contributed by atoms with Crippen LogP contribution in [0.2, 0.25) is 0 Å². The maximum atomic E-state index is 5.81. The smallest absolute Gasteiger partial charge is 0.142 e. The number of hydrogen-bond donors (Lipinski definition) is 1. The molecular formula is C19H25NO. The number of ether oxygens (including phenoxy) is 1. The monoisotopic (exact) mass is 283 g/mol. The fraction of sp³-hybridized carbons (Fsp3) is 0.368. The van der Waals surface area contributed by atoms with Gasteiger partial charge in [-0.3, -0.25) is 0 Å². The predicted molar refractivity (Wildman–Crippen MR) is 90.2 cm³/mol. The van der Waals surface area contributed by atoms with Gasteiger partial charge in [0.15, 0.2) is 0 Å². The summed E-state index contributed by atoms with van der Waals surface area (Å²) in [6.07, 6.45) is 1.01. The highest BCUT2D eigenvalue weighted by Crippen LogP contribution is 2.28. The van der Waals surface area contributed by atoms with Crippen LogP contribution in [0.1, 0.15) is 43.0 Å². The highest BCUT2D eigenvalue weighted by Gasteiger charge is 2.09. The molecule has 0 aliphatic heterocycles. The average Bonchev–Trinajstić information content (AvgIpc) is 2.45. The van der Waals surface area contributed by atoms with E-state index in [0.29, 0.717) is 0 Å². The van der Waals surface area contributed by atoms with Gasteiger partial charge < -0.3 is 10.1 Å². The van der Waals surface area contributed by atoms with E-state index in [1.54, 1.807) is 0 Å². The fourth-order valence-electron chi connectivity index (χ4n) is 2.50. The maximum Gasteiger partial charge on any atom is 0.142 e. The van der Waals surface area contributed by atoms with Gasteiger partial charge in [0.25, 0.3) is 0 Å². The fourth-order valence-corrected chi connectivity index (χ4v) is 2.50. The van der Waals surface area contributed by atoms with Crippen molar-refractivity contribution in [1.82, 2.24) is 0 Å². The van der Waals surface area contributed by atoms with E-state index in [2.05, 4.69) is 57.3 Å². The molecule has 2 nitrogen and oxygen atoms in total. The Morgan fingerprint density at radius 2 is 1.71 bits per heavy atom. The molecule has 0 aliphatic carbocycles. The summed E-state index contributed by atoms with van der Waals surface area (Å²) < 4.78 is 5.81. The summed E-state index contributed by atoms with van der Waals surface area (Å²) in [5, 5.41) is 3.57. The van der Waals surface area contributed by atoms with Gasteiger partial charge >= 0.3 is 0 Å². The maximum absolute atomic E-state index is 5.81. The van der Waals surface area contributed by atoms with Crippen LogP contribution in [0.4, 0.5) is 5.69 Å². The Balaban J connectivity index is 2.17. The van der Waals surface area contributed by atoms with E-state index in [1.807, 2.05) is 18.2 Å². The van der Waals surface area contributed by atoms with Crippen molar-refractivity contribution in [1.29, 1.82) is 0 Å². The van der Waals surface area contributed by atoms with Crippen molar-refractivity contribution < 1.29 is 4.74 Å². The summed E-state index contributed by atoms with van der Waals surface area (Å²) in [5.41, 5.74) is 4.96. The molecule has 1 N–H and O–H groups in total. The van der Waals surface area contributed by atoms with Crippen molar-refractivity contribution in [2.24, 2.45) is 0 Å². The first-order valence-corrected chi connectivity index (χ1v) is 7.66. The molecule has 0 saturated heterocycles. The predicted octanol–water partition coefficient (Wildman–Crippen LogP) is 5.27. The lowest BCUT2D eigenvalue weighted by atomic mass is 10.0. The molecular weight excluding hydrogens is 258 g/mol. The number of aryl methyl sites for hydroxylation is 2. The van der Waals surface area contributed by atoms with Crippen molar-refractivity contribution in [2.75, 3.05) is 11.9 Å². The summed E-state index contributed by atoms with van der Waals surface area (Å²) in [7, 11) is 0. The molecule has 21 heavy (non-hydrogen) atoms. The topological polar surface area (TPSA) is 21.3 Å². The number of para-hydroxylation sites is 2. The highest BCUT2D eigenvalue weighted by atomic mass is 16.5. The molecule has 0 aliphatic rings. The van der Waals surface area contributed by atoms with Gasteiger partial charge in [0, 0.05) is 6.04 Å². The Labute approximate surface area is 128 Å². The number of rotatable bonds is 6. The van der Waals surface area contributed by atoms with E-state index in [1.165, 1.54) is 16.7 Å². The largest absolute Gasteiger partial charge is 0.491 e. The van der Waals surface area contributed by atoms with E-state index in [4.69, 9.17) is 4.74 Å². The zero-order valence-corrected chi connectivity index (χ0v) is 13.4. The Morgan fingerprint density at radius 3 is 2.38 bits per heavy atom. The Bertz CT molecular complexity index is 572. The second kappa shape index (κ2) is 7.16. The summed E-state index contributed by atoms with van der Waals surface area (Å²) in [6.45, 7) is 9.33. The Morgan fingerprint density at radius 1 is 1.05 bits per heavy atom.